The van der Waals surface area contributed by atoms with E-state index in [0.29, 0.717) is 37.7 Å². The van der Waals surface area contributed by atoms with E-state index in [9.17, 15) is 24.1 Å². The van der Waals surface area contributed by atoms with E-state index >= 15 is 0 Å². The molecule has 1 atom stereocenters. The Balaban J connectivity index is 1.50. The van der Waals surface area contributed by atoms with Crippen molar-refractivity contribution in [1.29, 1.82) is 0 Å². The van der Waals surface area contributed by atoms with Gasteiger partial charge in [-0.25, -0.2) is 14.2 Å². The quantitative estimate of drug-likeness (QED) is 0.158. The third kappa shape index (κ3) is 6.09. The number of nitro groups is 1. The molecule has 10 nitrogen and oxygen atoms in total. The largest absolute Gasteiger partial charge is 0.493 e. The highest BCUT2D eigenvalue weighted by molar-refractivity contribution is 7.07. The van der Waals surface area contributed by atoms with Crippen molar-refractivity contribution in [3.63, 3.8) is 0 Å². The van der Waals surface area contributed by atoms with Gasteiger partial charge in [0.25, 0.3) is 11.2 Å². The molecular formula is C31H26FN3O7S. The monoisotopic (exact) mass is 603 g/mol. The number of benzene rings is 3. The van der Waals surface area contributed by atoms with E-state index in [1.807, 2.05) is 0 Å². The van der Waals surface area contributed by atoms with Crippen LogP contribution in [0, 0.1) is 15.9 Å². The van der Waals surface area contributed by atoms with Gasteiger partial charge in [-0.05, 0) is 73.0 Å². The highest BCUT2D eigenvalue weighted by Gasteiger charge is 2.33. The Kier molecular flexibility index (Phi) is 8.48. The van der Waals surface area contributed by atoms with Gasteiger partial charge in [0, 0.05) is 12.1 Å². The highest BCUT2D eigenvalue weighted by atomic mass is 32.1. The van der Waals surface area contributed by atoms with Gasteiger partial charge in [0.15, 0.2) is 16.3 Å². The van der Waals surface area contributed by atoms with Crippen molar-refractivity contribution in [2.75, 3.05) is 13.7 Å². The number of thiazole rings is 1. The Bertz CT molecular complexity index is 1910. The lowest BCUT2D eigenvalue weighted by Crippen LogP contribution is -2.39. The number of aromatic nitrogens is 1. The summed E-state index contributed by atoms with van der Waals surface area (Å²) in [5.41, 5.74) is 2.19. The lowest BCUT2D eigenvalue weighted by Gasteiger charge is -2.24. The van der Waals surface area contributed by atoms with Crippen molar-refractivity contribution in [1.82, 2.24) is 4.57 Å². The second-order valence-corrected chi connectivity index (χ2v) is 10.5. The molecule has 0 saturated carbocycles. The van der Waals surface area contributed by atoms with Crippen LogP contribution in [-0.4, -0.2) is 29.2 Å². The summed E-state index contributed by atoms with van der Waals surface area (Å²) in [6.45, 7) is 3.68. The molecule has 0 fully saturated rings. The van der Waals surface area contributed by atoms with E-state index in [1.165, 1.54) is 59.4 Å². The van der Waals surface area contributed by atoms with E-state index in [4.69, 9.17) is 14.2 Å². The molecule has 0 bridgehead atoms. The predicted molar refractivity (Wildman–Crippen MR) is 157 cm³/mol. The zero-order chi connectivity index (χ0) is 30.7. The molecule has 2 heterocycles. The number of allylic oxidation sites excluding steroid dienone is 1. The molecule has 1 aromatic heterocycles. The molecule has 220 valence electrons. The summed E-state index contributed by atoms with van der Waals surface area (Å²) in [4.78, 5) is 42.1. The van der Waals surface area contributed by atoms with Gasteiger partial charge in [0.05, 0.1) is 40.5 Å². The minimum absolute atomic E-state index is 0.00720. The smallest absolute Gasteiger partial charge is 0.338 e. The first kappa shape index (κ1) is 29.4. The fraction of sp³-hybridized carbons (Fsp3) is 0.194. The van der Waals surface area contributed by atoms with Gasteiger partial charge in [-0.1, -0.05) is 29.5 Å². The van der Waals surface area contributed by atoms with E-state index in [-0.39, 0.29) is 30.0 Å². The average Bonchev–Trinajstić information content (AvgIpc) is 3.30. The van der Waals surface area contributed by atoms with Gasteiger partial charge in [0.1, 0.15) is 12.4 Å². The number of hydrogen-bond acceptors (Lipinski definition) is 9. The van der Waals surface area contributed by atoms with E-state index in [2.05, 4.69) is 4.99 Å². The van der Waals surface area contributed by atoms with Crippen LogP contribution < -0.4 is 24.4 Å². The maximum atomic E-state index is 13.8. The second-order valence-electron chi connectivity index (χ2n) is 9.48. The molecule has 12 heteroatoms. The Morgan fingerprint density at radius 2 is 1.84 bits per heavy atom. The van der Waals surface area contributed by atoms with Crippen molar-refractivity contribution < 1.29 is 28.3 Å². The third-order valence-corrected chi connectivity index (χ3v) is 7.71. The van der Waals surface area contributed by atoms with Crippen LogP contribution in [-0.2, 0) is 16.1 Å². The number of methoxy groups -OCH3 is 1. The molecule has 3 aromatic carbocycles. The Hall–Kier alpha value is -5.10. The van der Waals surface area contributed by atoms with Crippen molar-refractivity contribution in [2.24, 2.45) is 4.99 Å². The molecule has 0 unspecified atom stereocenters. The van der Waals surface area contributed by atoms with Crippen molar-refractivity contribution in [3.05, 3.63) is 130 Å². The summed E-state index contributed by atoms with van der Waals surface area (Å²) < 4.78 is 32.2. The predicted octanol–water partition coefficient (Wildman–Crippen LogP) is 4.43. The lowest BCUT2D eigenvalue weighted by molar-refractivity contribution is -0.384. The SMILES string of the molecule is CCOC(=O)C1=C(C)N=c2s/c(=C\c3ccc(OCc4ccc([N+](=O)[O-])cc4)c(OC)c3)c(=O)n2[C@H]1c1ccc(F)cc1. The van der Waals surface area contributed by atoms with Gasteiger partial charge >= 0.3 is 5.97 Å². The van der Waals surface area contributed by atoms with Crippen LogP contribution in [0.4, 0.5) is 10.1 Å². The summed E-state index contributed by atoms with van der Waals surface area (Å²) in [5.74, 6) is -0.163. The first-order valence-corrected chi connectivity index (χ1v) is 14.0. The summed E-state index contributed by atoms with van der Waals surface area (Å²) in [5, 5.41) is 10.9. The molecule has 0 amide bonds. The van der Waals surface area contributed by atoms with Gasteiger partial charge in [-0.2, -0.15) is 0 Å². The van der Waals surface area contributed by atoms with Crippen LogP contribution in [0.3, 0.4) is 0 Å². The minimum atomic E-state index is -0.845. The minimum Gasteiger partial charge on any atom is -0.493 e. The van der Waals surface area contributed by atoms with Crippen molar-refractivity contribution >= 4 is 29.1 Å². The molecule has 0 radical (unpaired) electrons. The number of fused-ring (bicyclic) bond motifs is 1. The maximum absolute atomic E-state index is 13.8. The lowest BCUT2D eigenvalue weighted by atomic mass is 9.96. The zero-order valence-corrected chi connectivity index (χ0v) is 24.2. The maximum Gasteiger partial charge on any atom is 0.338 e. The van der Waals surface area contributed by atoms with Crippen LogP contribution in [0.5, 0.6) is 11.5 Å². The molecular weight excluding hydrogens is 577 g/mol. The van der Waals surface area contributed by atoms with Crippen LogP contribution in [0.2, 0.25) is 0 Å². The fourth-order valence-corrected chi connectivity index (χ4v) is 5.72. The topological polar surface area (TPSA) is 122 Å². The van der Waals surface area contributed by atoms with Crippen molar-refractivity contribution in [3.8, 4) is 11.5 Å². The fourth-order valence-electron chi connectivity index (χ4n) is 4.67. The zero-order valence-electron chi connectivity index (χ0n) is 23.4. The van der Waals surface area contributed by atoms with Gasteiger partial charge < -0.3 is 14.2 Å². The molecule has 43 heavy (non-hydrogen) atoms. The summed E-state index contributed by atoms with van der Waals surface area (Å²) in [6, 6.07) is 16.0. The third-order valence-electron chi connectivity index (χ3n) is 6.73. The Morgan fingerprint density at radius 3 is 2.49 bits per heavy atom. The van der Waals surface area contributed by atoms with Crippen LogP contribution >= 0.6 is 11.3 Å². The molecule has 1 aliphatic heterocycles. The van der Waals surface area contributed by atoms with Crippen LogP contribution in [0.1, 0.15) is 36.6 Å². The number of carbonyl (C=O) groups excluding carboxylic acids is 1. The van der Waals surface area contributed by atoms with E-state index in [0.717, 1.165) is 5.56 Å². The molecule has 0 N–H and O–H groups in total. The normalized spacial score (nSPS) is 14.6. The number of ether oxygens (including phenoxy) is 3. The molecule has 0 spiro atoms. The standard InChI is InChI=1S/C31H26FN3O7S/c1-4-41-30(37)27-18(2)33-31-34(28(27)21-8-10-22(32)11-9-21)29(36)26(43-31)16-20-7-14-24(25(15-20)40-3)42-17-19-5-12-23(13-6-19)35(38)39/h5-16,28H,4,17H2,1-3H3/b26-16-/t28-/m0/s1. The second kappa shape index (κ2) is 12.4. The van der Waals surface area contributed by atoms with Crippen LogP contribution in [0.25, 0.3) is 6.08 Å². The van der Waals surface area contributed by atoms with Gasteiger partial charge in [0.2, 0.25) is 0 Å². The van der Waals surface area contributed by atoms with E-state index in [1.54, 1.807) is 50.3 Å². The number of non-ortho nitro benzene ring substituents is 1. The molecule has 4 aromatic rings. The van der Waals surface area contributed by atoms with Gasteiger partial charge in [-0.3, -0.25) is 19.5 Å². The molecule has 0 aliphatic carbocycles. The van der Waals surface area contributed by atoms with Crippen LogP contribution in [0.15, 0.2) is 87.8 Å². The number of esters is 1. The Labute approximate surface area is 248 Å². The van der Waals surface area contributed by atoms with E-state index < -0.39 is 22.8 Å². The number of rotatable bonds is 9. The number of nitro benzene ring substituents is 1. The summed E-state index contributed by atoms with van der Waals surface area (Å²) >= 11 is 1.17. The molecule has 0 saturated heterocycles. The van der Waals surface area contributed by atoms with Gasteiger partial charge in [-0.15, -0.1) is 0 Å². The Morgan fingerprint density at radius 1 is 1.12 bits per heavy atom. The first-order valence-electron chi connectivity index (χ1n) is 13.2. The molecule has 5 rings (SSSR count). The summed E-state index contributed by atoms with van der Waals surface area (Å²) in [7, 11) is 1.49. The number of carbonyl (C=O) groups is 1. The molecule has 1 aliphatic rings. The number of nitrogens with zero attached hydrogens (tertiary/aromatic N) is 3. The highest BCUT2D eigenvalue weighted by Crippen LogP contribution is 2.31. The average molecular weight is 604 g/mol. The number of halogens is 1. The number of hydrogen-bond donors (Lipinski definition) is 0. The summed E-state index contributed by atoms with van der Waals surface area (Å²) in [6.07, 6.45) is 1.69. The first-order chi connectivity index (χ1) is 20.7. The van der Waals surface area contributed by atoms with Crippen molar-refractivity contribution in [2.45, 2.75) is 26.5 Å².